The molecule has 0 spiro atoms. The molecule has 0 saturated carbocycles. The molecule has 4 nitrogen and oxygen atoms in total. The van der Waals surface area contributed by atoms with Crippen molar-refractivity contribution in [2.24, 2.45) is 0 Å². The summed E-state index contributed by atoms with van der Waals surface area (Å²) in [7, 11) is 1.70. The van der Waals surface area contributed by atoms with Gasteiger partial charge in [-0.05, 0) is 30.0 Å². The van der Waals surface area contributed by atoms with Gasteiger partial charge in [0.2, 0.25) is 0 Å². The molecular formula is C19H23NO3. The van der Waals surface area contributed by atoms with Gasteiger partial charge < -0.3 is 15.1 Å². The number of aromatic hydroxyl groups is 1. The van der Waals surface area contributed by atoms with Crippen LogP contribution < -0.4 is 0 Å². The lowest BCUT2D eigenvalue weighted by molar-refractivity contribution is 0.0702. The Balaban J connectivity index is 2.33. The number of hydrogen-bond acceptors (Lipinski definition) is 3. The molecule has 0 fully saturated rings. The Hall–Kier alpha value is -2.33. The van der Waals surface area contributed by atoms with Gasteiger partial charge in [0, 0.05) is 13.7 Å². The number of amides is 1. The zero-order valence-electron chi connectivity index (χ0n) is 13.6. The lowest BCUT2D eigenvalue weighted by Crippen LogP contribution is -2.32. The summed E-state index contributed by atoms with van der Waals surface area (Å²) in [6.45, 7) is 1.92. The second kappa shape index (κ2) is 7.79. The average Bonchev–Trinajstić information content (AvgIpc) is 2.59. The molecule has 2 N–H and O–H groups in total. The maximum atomic E-state index is 12.8. The maximum Gasteiger partial charge on any atom is 0.257 e. The van der Waals surface area contributed by atoms with Gasteiger partial charge >= 0.3 is 0 Å². The highest BCUT2D eigenvalue weighted by atomic mass is 16.3. The van der Waals surface area contributed by atoms with Gasteiger partial charge in [0.1, 0.15) is 5.75 Å². The number of aliphatic hydroxyl groups is 1. The van der Waals surface area contributed by atoms with E-state index < -0.39 is 0 Å². The highest BCUT2D eigenvalue weighted by molar-refractivity contribution is 5.97. The third-order valence-electron chi connectivity index (χ3n) is 4.11. The van der Waals surface area contributed by atoms with Crippen LogP contribution in [0.15, 0.2) is 48.5 Å². The van der Waals surface area contributed by atoms with E-state index in [1.165, 1.54) is 0 Å². The maximum absolute atomic E-state index is 12.8. The number of phenolic OH excluding ortho intramolecular Hbond substituents is 1. The lowest BCUT2D eigenvalue weighted by Gasteiger charge is -2.28. The molecule has 23 heavy (non-hydrogen) atoms. The summed E-state index contributed by atoms with van der Waals surface area (Å²) < 4.78 is 0. The van der Waals surface area contributed by atoms with Gasteiger partial charge in [0.05, 0.1) is 11.6 Å². The van der Waals surface area contributed by atoms with Crippen molar-refractivity contribution in [1.82, 2.24) is 4.90 Å². The Morgan fingerprint density at radius 3 is 2.43 bits per heavy atom. The molecule has 0 aliphatic rings. The molecule has 0 aliphatic carbocycles. The number of nitrogens with zero attached hydrogens (tertiary/aromatic N) is 1. The fourth-order valence-corrected chi connectivity index (χ4v) is 2.76. The van der Waals surface area contributed by atoms with Crippen molar-refractivity contribution in [2.45, 2.75) is 25.8 Å². The summed E-state index contributed by atoms with van der Waals surface area (Å²) in [5.74, 6) is -0.206. The summed E-state index contributed by atoms with van der Waals surface area (Å²) in [4.78, 5) is 14.4. The van der Waals surface area contributed by atoms with Gasteiger partial charge in [0.25, 0.3) is 5.91 Å². The van der Waals surface area contributed by atoms with E-state index in [0.29, 0.717) is 18.4 Å². The first-order valence-corrected chi connectivity index (χ1v) is 7.84. The predicted octanol–water partition coefficient (Wildman–Crippen LogP) is 3.15. The first-order valence-electron chi connectivity index (χ1n) is 7.84. The molecule has 0 aromatic heterocycles. The Morgan fingerprint density at radius 1 is 1.13 bits per heavy atom. The molecule has 1 atom stereocenters. The number of rotatable bonds is 6. The molecule has 2 aromatic carbocycles. The topological polar surface area (TPSA) is 60.8 Å². The fourth-order valence-electron chi connectivity index (χ4n) is 2.76. The van der Waals surface area contributed by atoms with Gasteiger partial charge in [-0.25, -0.2) is 0 Å². The highest BCUT2D eigenvalue weighted by Gasteiger charge is 2.24. The normalized spacial score (nSPS) is 12.0. The Labute approximate surface area is 137 Å². The molecule has 0 heterocycles. The molecule has 122 valence electrons. The molecule has 0 bridgehead atoms. The lowest BCUT2D eigenvalue weighted by atomic mass is 10.0. The monoisotopic (exact) mass is 313 g/mol. The summed E-state index contributed by atoms with van der Waals surface area (Å²) in [5.41, 5.74) is 2.01. The van der Waals surface area contributed by atoms with Crippen LogP contribution >= 0.6 is 0 Å². The summed E-state index contributed by atoms with van der Waals surface area (Å²) in [6.07, 6.45) is 1.11. The summed E-state index contributed by atoms with van der Waals surface area (Å²) >= 11 is 0. The van der Waals surface area contributed by atoms with Crippen LogP contribution in [-0.4, -0.2) is 34.7 Å². The molecule has 4 heteroatoms. The van der Waals surface area contributed by atoms with E-state index in [-0.39, 0.29) is 24.3 Å². The molecule has 0 saturated heterocycles. The number of carbonyl (C=O) groups excluding carboxylic acids is 1. The van der Waals surface area contributed by atoms with Gasteiger partial charge in [-0.15, -0.1) is 0 Å². The van der Waals surface area contributed by atoms with Gasteiger partial charge in [-0.1, -0.05) is 49.4 Å². The second-order valence-corrected chi connectivity index (χ2v) is 5.52. The van der Waals surface area contributed by atoms with Crippen molar-refractivity contribution < 1.29 is 15.0 Å². The van der Waals surface area contributed by atoms with Crippen LogP contribution in [0.1, 0.15) is 40.9 Å². The molecule has 0 radical (unpaired) electrons. The molecule has 0 aliphatic heterocycles. The minimum atomic E-state index is -0.250. The standard InChI is InChI=1S/C19H23NO3/c1-3-14-10-7-11-16(18(14)22)19(23)20(2)17(12-13-21)15-8-5-4-6-9-15/h4-11,17,21-22H,3,12-13H2,1-2H3. The van der Waals surface area contributed by atoms with E-state index in [4.69, 9.17) is 0 Å². The highest BCUT2D eigenvalue weighted by Crippen LogP contribution is 2.29. The number of aliphatic hydroxyl groups excluding tert-OH is 1. The molecule has 2 aromatic rings. The second-order valence-electron chi connectivity index (χ2n) is 5.52. The largest absolute Gasteiger partial charge is 0.507 e. The van der Waals surface area contributed by atoms with Gasteiger partial charge in [-0.2, -0.15) is 0 Å². The predicted molar refractivity (Wildman–Crippen MR) is 90.5 cm³/mol. The van der Waals surface area contributed by atoms with E-state index in [1.54, 1.807) is 24.1 Å². The SMILES string of the molecule is CCc1cccc(C(=O)N(C)C(CCO)c2ccccc2)c1O. The van der Waals surface area contributed by atoms with E-state index in [2.05, 4.69) is 0 Å². The number of carbonyl (C=O) groups is 1. The van der Waals surface area contributed by atoms with Crippen molar-refractivity contribution in [3.05, 3.63) is 65.2 Å². The number of benzene rings is 2. The van der Waals surface area contributed by atoms with Crippen LogP contribution in [0.25, 0.3) is 0 Å². The summed E-state index contributed by atoms with van der Waals surface area (Å²) in [6, 6.07) is 14.6. The van der Waals surface area contributed by atoms with Crippen LogP contribution in [0.2, 0.25) is 0 Å². The third kappa shape index (κ3) is 3.71. The smallest absolute Gasteiger partial charge is 0.257 e. The number of para-hydroxylation sites is 1. The summed E-state index contributed by atoms with van der Waals surface area (Å²) in [5, 5.41) is 19.6. The van der Waals surface area contributed by atoms with Crippen LogP contribution in [0.4, 0.5) is 0 Å². The number of phenols is 1. The quantitative estimate of drug-likeness (QED) is 0.861. The van der Waals surface area contributed by atoms with Gasteiger partial charge in [0.15, 0.2) is 0 Å². The zero-order chi connectivity index (χ0) is 16.8. The van der Waals surface area contributed by atoms with E-state index in [9.17, 15) is 15.0 Å². The van der Waals surface area contributed by atoms with Crippen LogP contribution in [0.3, 0.4) is 0 Å². The molecule has 1 unspecified atom stereocenters. The Morgan fingerprint density at radius 2 is 1.83 bits per heavy atom. The number of aryl methyl sites for hydroxylation is 1. The van der Waals surface area contributed by atoms with Crippen molar-refractivity contribution in [1.29, 1.82) is 0 Å². The van der Waals surface area contributed by atoms with Gasteiger partial charge in [-0.3, -0.25) is 4.79 Å². The van der Waals surface area contributed by atoms with Crippen molar-refractivity contribution >= 4 is 5.91 Å². The molecule has 1 amide bonds. The van der Waals surface area contributed by atoms with E-state index in [1.807, 2.05) is 43.3 Å². The fraction of sp³-hybridized carbons (Fsp3) is 0.316. The number of hydrogen-bond donors (Lipinski definition) is 2. The first-order chi connectivity index (χ1) is 11.1. The third-order valence-corrected chi connectivity index (χ3v) is 4.11. The Kier molecular flexibility index (Phi) is 5.77. The van der Waals surface area contributed by atoms with Crippen LogP contribution in [0.5, 0.6) is 5.75 Å². The first kappa shape index (κ1) is 17.0. The zero-order valence-corrected chi connectivity index (χ0v) is 13.6. The van der Waals surface area contributed by atoms with Crippen molar-refractivity contribution in [2.75, 3.05) is 13.7 Å². The minimum absolute atomic E-state index is 0.0157. The Bertz CT molecular complexity index is 655. The molecule has 2 rings (SSSR count). The van der Waals surface area contributed by atoms with Crippen molar-refractivity contribution in [3.8, 4) is 5.75 Å². The molecular weight excluding hydrogens is 290 g/mol. The average molecular weight is 313 g/mol. The van der Waals surface area contributed by atoms with E-state index >= 15 is 0 Å². The van der Waals surface area contributed by atoms with E-state index in [0.717, 1.165) is 11.1 Å². The minimum Gasteiger partial charge on any atom is -0.507 e. The van der Waals surface area contributed by atoms with Crippen molar-refractivity contribution in [3.63, 3.8) is 0 Å². The van der Waals surface area contributed by atoms with Crippen LogP contribution in [0, 0.1) is 0 Å². The van der Waals surface area contributed by atoms with Crippen LogP contribution in [-0.2, 0) is 6.42 Å².